The summed E-state index contributed by atoms with van der Waals surface area (Å²) in [6.07, 6.45) is -0.338. The van der Waals surface area contributed by atoms with Gasteiger partial charge in [0.15, 0.2) is 28.9 Å². The van der Waals surface area contributed by atoms with E-state index in [1.165, 1.54) is 4.90 Å². The number of hydrogen-bond donors (Lipinski definition) is 1. The third kappa shape index (κ3) is 3.13. The van der Waals surface area contributed by atoms with Crippen LogP contribution in [0, 0.1) is 11.6 Å². The molecule has 1 saturated heterocycles. The van der Waals surface area contributed by atoms with Crippen molar-refractivity contribution in [2.24, 2.45) is 0 Å². The van der Waals surface area contributed by atoms with E-state index < -0.39 is 29.4 Å². The first kappa shape index (κ1) is 18.5. The van der Waals surface area contributed by atoms with Gasteiger partial charge >= 0.3 is 0 Å². The highest BCUT2D eigenvalue weighted by Crippen LogP contribution is 2.38. The lowest BCUT2D eigenvalue weighted by Gasteiger charge is -2.36. The molecule has 1 N–H and O–H groups in total. The molecule has 2 heterocycles. The molecule has 0 aromatic heterocycles. The first-order chi connectivity index (χ1) is 13.5. The summed E-state index contributed by atoms with van der Waals surface area (Å²) < 4.78 is 43.3. The zero-order valence-electron chi connectivity index (χ0n) is 15.2. The molecule has 6 nitrogen and oxygen atoms in total. The maximum absolute atomic E-state index is 14.4. The number of halogens is 2. The summed E-state index contributed by atoms with van der Waals surface area (Å²) >= 11 is 0. The average molecular weight is 391 g/mol. The molecule has 0 aliphatic carbocycles. The van der Waals surface area contributed by atoms with Crippen LogP contribution in [0.15, 0.2) is 30.3 Å². The van der Waals surface area contributed by atoms with Gasteiger partial charge in [-0.2, -0.15) is 0 Å². The summed E-state index contributed by atoms with van der Waals surface area (Å²) in [4.78, 5) is 14.1. The van der Waals surface area contributed by atoms with Crippen LogP contribution < -0.4 is 14.2 Å². The molecule has 0 unspecified atom stereocenters. The molecule has 4 rings (SSSR count). The fraction of sp³-hybridized carbons (Fsp3) is 0.350. The number of piperidine rings is 1. The van der Waals surface area contributed by atoms with Crippen LogP contribution in [0.4, 0.5) is 8.78 Å². The summed E-state index contributed by atoms with van der Waals surface area (Å²) in [5.74, 6) is -2.03. The van der Waals surface area contributed by atoms with Crippen molar-refractivity contribution in [1.29, 1.82) is 0 Å². The van der Waals surface area contributed by atoms with Gasteiger partial charge in [0, 0.05) is 19.0 Å². The van der Waals surface area contributed by atoms with Gasteiger partial charge in [-0.15, -0.1) is 0 Å². The number of carbonyl (C=O) groups is 1. The summed E-state index contributed by atoms with van der Waals surface area (Å²) in [5.41, 5.74) is 0.602. The van der Waals surface area contributed by atoms with Gasteiger partial charge in [0.25, 0.3) is 5.91 Å². The van der Waals surface area contributed by atoms with E-state index in [2.05, 4.69) is 0 Å². The van der Waals surface area contributed by atoms with Crippen LogP contribution in [0.2, 0.25) is 0 Å². The van der Waals surface area contributed by atoms with Gasteiger partial charge in [-0.1, -0.05) is 6.07 Å². The highest BCUT2D eigenvalue weighted by Gasteiger charge is 2.33. The summed E-state index contributed by atoms with van der Waals surface area (Å²) in [5, 5.41) is 10.6. The van der Waals surface area contributed by atoms with Gasteiger partial charge in [-0.3, -0.25) is 4.79 Å². The molecular weight excluding hydrogens is 372 g/mol. The van der Waals surface area contributed by atoms with Crippen LogP contribution in [0.5, 0.6) is 17.2 Å². The maximum atomic E-state index is 14.4. The molecule has 1 fully saturated rings. The number of fused-ring (bicyclic) bond motifs is 1. The van der Waals surface area contributed by atoms with Gasteiger partial charge in [0.2, 0.25) is 6.79 Å². The van der Waals surface area contributed by atoms with E-state index in [1.54, 1.807) is 6.07 Å². The predicted molar refractivity (Wildman–Crippen MR) is 94.7 cm³/mol. The van der Waals surface area contributed by atoms with E-state index in [1.807, 2.05) is 12.1 Å². The first-order valence-electron chi connectivity index (χ1n) is 8.88. The number of likely N-dealkylation sites (tertiary alicyclic amines) is 1. The van der Waals surface area contributed by atoms with Crippen LogP contribution in [0.1, 0.15) is 28.3 Å². The molecule has 2 aliphatic rings. The number of carbonyl (C=O) groups excluding carboxylic acids is 1. The number of aliphatic hydroxyl groups is 1. The molecular formula is C20H19F2NO5. The third-order valence-electron chi connectivity index (χ3n) is 5.18. The number of methoxy groups -OCH3 is 1. The fourth-order valence-electron chi connectivity index (χ4n) is 3.70. The Labute approximate surface area is 160 Å². The summed E-state index contributed by atoms with van der Waals surface area (Å²) in [6, 6.07) is 7.57. The second-order valence-corrected chi connectivity index (χ2v) is 6.77. The van der Waals surface area contributed by atoms with E-state index in [4.69, 9.17) is 14.2 Å². The molecule has 148 valence electrons. The number of aliphatic hydroxyl groups excluding tert-OH is 1. The molecule has 2 aliphatic heterocycles. The highest BCUT2D eigenvalue weighted by atomic mass is 19.1. The Morgan fingerprint density at radius 3 is 2.75 bits per heavy atom. The summed E-state index contributed by atoms with van der Waals surface area (Å²) in [7, 11) is 1.14. The molecule has 2 atom stereocenters. The zero-order valence-corrected chi connectivity index (χ0v) is 15.2. The number of rotatable bonds is 3. The lowest BCUT2D eigenvalue weighted by atomic mass is 9.86. The normalized spacial score (nSPS) is 20.9. The van der Waals surface area contributed by atoms with E-state index in [-0.39, 0.29) is 24.8 Å². The SMILES string of the molecule is COc1c(F)ccc(C(=O)N2CC[C@@H](c3ccc4c(c3)OCO4)[C@H](O)C2)c1F. The molecule has 2 aromatic rings. The number of nitrogens with zero attached hydrogens (tertiary/aromatic N) is 1. The van der Waals surface area contributed by atoms with Gasteiger partial charge in [0.05, 0.1) is 18.8 Å². The molecule has 0 saturated carbocycles. The van der Waals surface area contributed by atoms with E-state index >= 15 is 0 Å². The van der Waals surface area contributed by atoms with Crippen molar-refractivity contribution in [2.75, 3.05) is 27.0 Å². The molecule has 8 heteroatoms. The monoisotopic (exact) mass is 391 g/mol. The van der Waals surface area contributed by atoms with Gasteiger partial charge in [0.1, 0.15) is 0 Å². The number of β-amino-alcohol motifs (C(OH)–C–C–N with tert-alkyl or cyclic N) is 1. The van der Waals surface area contributed by atoms with Crippen molar-refractivity contribution >= 4 is 5.91 Å². The van der Waals surface area contributed by atoms with E-state index in [0.29, 0.717) is 24.5 Å². The van der Waals surface area contributed by atoms with Crippen molar-refractivity contribution in [3.63, 3.8) is 0 Å². The molecule has 1 amide bonds. The van der Waals surface area contributed by atoms with Gasteiger partial charge < -0.3 is 24.2 Å². The van der Waals surface area contributed by atoms with Crippen molar-refractivity contribution in [3.8, 4) is 17.2 Å². The largest absolute Gasteiger partial charge is 0.491 e. The van der Waals surface area contributed by atoms with E-state index in [0.717, 1.165) is 24.8 Å². The van der Waals surface area contributed by atoms with Crippen molar-refractivity contribution in [3.05, 3.63) is 53.1 Å². The van der Waals surface area contributed by atoms with Crippen LogP contribution in [0.25, 0.3) is 0 Å². The van der Waals surface area contributed by atoms with Gasteiger partial charge in [-0.25, -0.2) is 8.78 Å². The quantitative estimate of drug-likeness (QED) is 0.872. The molecule has 0 bridgehead atoms. The second-order valence-electron chi connectivity index (χ2n) is 6.77. The lowest BCUT2D eigenvalue weighted by molar-refractivity contribution is 0.0377. The van der Waals surface area contributed by atoms with Crippen LogP contribution in [-0.4, -0.2) is 49.0 Å². The van der Waals surface area contributed by atoms with Crippen LogP contribution in [0.3, 0.4) is 0 Å². The average Bonchev–Trinajstić information content (AvgIpc) is 3.15. The summed E-state index contributed by atoms with van der Waals surface area (Å²) in [6.45, 7) is 0.534. The molecule has 0 radical (unpaired) electrons. The third-order valence-corrected chi connectivity index (χ3v) is 5.18. The Balaban J connectivity index is 1.51. The lowest BCUT2D eigenvalue weighted by Crippen LogP contribution is -2.46. The molecule has 28 heavy (non-hydrogen) atoms. The fourth-order valence-corrected chi connectivity index (χ4v) is 3.70. The highest BCUT2D eigenvalue weighted by molar-refractivity contribution is 5.95. The minimum absolute atomic E-state index is 0.0388. The standard InChI is InChI=1S/C20H19F2NO5/c1-26-19-14(21)4-3-13(18(19)22)20(25)23-7-6-12(15(24)9-23)11-2-5-16-17(8-11)28-10-27-16/h2-5,8,12,15,24H,6-7,9-10H2,1H3/t12-,15+/m0/s1. The van der Waals surface area contributed by atoms with Crippen molar-refractivity contribution < 1.29 is 32.9 Å². The number of hydrogen-bond acceptors (Lipinski definition) is 5. The van der Waals surface area contributed by atoms with Crippen molar-refractivity contribution in [1.82, 2.24) is 4.90 Å². The van der Waals surface area contributed by atoms with Gasteiger partial charge in [-0.05, 0) is 36.2 Å². The Kier molecular flexibility index (Phi) is 4.80. The van der Waals surface area contributed by atoms with E-state index in [9.17, 15) is 18.7 Å². The number of benzene rings is 2. The second kappa shape index (κ2) is 7.27. The minimum atomic E-state index is -1.04. The number of ether oxygens (including phenoxy) is 3. The Bertz CT molecular complexity index is 920. The smallest absolute Gasteiger partial charge is 0.257 e. The van der Waals surface area contributed by atoms with Crippen molar-refractivity contribution in [2.45, 2.75) is 18.4 Å². The minimum Gasteiger partial charge on any atom is -0.491 e. The van der Waals surface area contributed by atoms with Crippen LogP contribution in [-0.2, 0) is 0 Å². The Morgan fingerprint density at radius 1 is 1.21 bits per heavy atom. The number of amides is 1. The van der Waals surface area contributed by atoms with Crippen LogP contribution >= 0.6 is 0 Å². The molecule has 0 spiro atoms. The molecule has 2 aromatic carbocycles. The Morgan fingerprint density at radius 2 is 2.00 bits per heavy atom. The maximum Gasteiger partial charge on any atom is 0.257 e. The predicted octanol–water partition coefficient (Wildman–Crippen LogP) is 2.69. The Hall–Kier alpha value is -2.87. The topological polar surface area (TPSA) is 68.2 Å². The zero-order chi connectivity index (χ0) is 19.8. The first-order valence-corrected chi connectivity index (χ1v) is 8.88.